The first kappa shape index (κ1) is 16.7. The van der Waals surface area contributed by atoms with Crippen LogP contribution in [0.5, 0.6) is 5.75 Å². The number of hydrogen-bond donors (Lipinski definition) is 2. The minimum atomic E-state index is -0.208. The first-order chi connectivity index (χ1) is 9.71. The third kappa shape index (κ3) is 5.74. The zero-order valence-corrected chi connectivity index (χ0v) is 12.2. The van der Waals surface area contributed by atoms with Crippen molar-refractivity contribution in [3.05, 3.63) is 42.0 Å². The molecule has 1 aromatic rings. The predicted octanol–water partition coefficient (Wildman–Crippen LogP) is 2.15. The summed E-state index contributed by atoms with van der Waals surface area (Å²) in [4.78, 5) is 0. The SMILES string of the molecule is COc1ccc(CO[C@H](CO)[C@H](C)C/C=C/CO)cc1. The molecule has 0 aliphatic carbocycles. The largest absolute Gasteiger partial charge is 0.497 e. The molecule has 0 bridgehead atoms. The maximum Gasteiger partial charge on any atom is 0.118 e. The number of hydrogen-bond acceptors (Lipinski definition) is 4. The quantitative estimate of drug-likeness (QED) is 0.680. The van der Waals surface area contributed by atoms with Crippen molar-refractivity contribution in [3.8, 4) is 5.75 Å². The van der Waals surface area contributed by atoms with Gasteiger partial charge in [-0.15, -0.1) is 0 Å². The number of rotatable bonds is 9. The number of aliphatic hydroxyl groups excluding tert-OH is 2. The van der Waals surface area contributed by atoms with Gasteiger partial charge in [0.1, 0.15) is 5.75 Å². The van der Waals surface area contributed by atoms with Crippen molar-refractivity contribution >= 4 is 0 Å². The van der Waals surface area contributed by atoms with E-state index in [2.05, 4.69) is 0 Å². The van der Waals surface area contributed by atoms with Crippen molar-refractivity contribution in [1.29, 1.82) is 0 Å². The van der Waals surface area contributed by atoms with Gasteiger partial charge in [-0.25, -0.2) is 0 Å². The van der Waals surface area contributed by atoms with Gasteiger partial charge in [-0.05, 0) is 30.0 Å². The summed E-state index contributed by atoms with van der Waals surface area (Å²) in [6, 6.07) is 7.67. The predicted molar refractivity (Wildman–Crippen MR) is 78.7 cm³/mol. The van der Waals surface area contributed by atoms with Crippen molar-refractivity contribution in [3.63, 3.8) is 0 Å². The van der Waals surface area contributed by atoms with Crippen molar-refractivity contribution in [2.75, 3.05) is 20.3 Å². The normalized spacial score (nSPS) is 14.4. The molecule has 0 saturated carbocycles. The maximum absolute atomic E-state index is 9.39. The molecule has 0 aromatic heterocycles. The van der Waals surface area contributed by atoms with Gasteiger partial charge in [0.2, 0.25) is 0 Å². The molecule has 0 aliphatic heterocycles. The molecular weight excluding hydrogens is 256 g/mol. The number of ether oxygens (including phenoxy) is 2. The monoisotopic (exact) mass is 280 g/mol. The van der Waals surface area contributed by atoms with E-state index in [1.165, 1.54) is 0 Å². The van der Waals surface area contributed by atoms with E-state index >= 15 is 0 Å². The molecule has 1 rings (SSSR count). The van der Waals surface area contributed by atoms with E-state index in [9.17, 15) is 5.11 Å². The van der Waals surface area contributed by atoms with E-state index in [4.69, 9.17) is 14.6 Å². The lowest BCUT2D eigenvalue weighted by atomic mass is 10.0. The van der Waals surface area contributed by atoms with Crippen LogP contribution in [0.3, 0.4) is 0 Å². The smallest absolute Gasteiger partial charge is 0.118 e. The van der Waals surface area contributed by atoms with Gasteiger partial charge in [-0.3, -0.25) is 0 Å². The van der Waals surface area contributed by atoms with Crippen molar-refractivity contribution < 1.29 is 19.7 Å². The highest BCUT2D eigenvalue weighted by Crippen LogP contribution is 2.16. The lowest BCUT2D eigenvalue weighted by Crippen LogP contribution is -2.25. The highest BCUT2D eigenvalue weighted by Gasteiger charge is 2.15. The number of benzene rings is 1. The molecule has 0 aliphatic rings. The lowest BCUT2D eigenvalue weighted by Gasteiger charge is -2.21. The molecule has 2 N–H and O–H groups in total. The fourth-order valence-corrected chi connectivity index (χ4v) is 1.86. The van der Waals surface area contributed by atoms with Crippen LogP contribution in [-0.4, -0.2) is 36.6 Å². The van der Waals surface area contributed by atoms with E-state index in [0.29, 0.717) is 6.61 Å². The average Bonchev–Trinajstić information content (AvgIpc) is 2.49. The van der Waals surface area contributed by atoms with E-state index < -0.39 is 0 Å². The van der Waals surface area contributed by atoms with Gasteiger partial charge in [0.05, 0.1) is 33.0 Å². The second-order valence-electron chi connectivity index (χ2n) is 4.75. The Bertz CT molecular complexity index is 386. The highest BCUT2D eigenvalue weighted by atomic mass is 16.5. The average molecular weight is 280 g/mol. The van der Waals surface area contributed by atoms with Crippen LogP contribution < -0.4 is 4.74 Å². The zero-order valence-electron chi connectivity index (χ0n) is 12.2. The first-order valence-corrected chi connectivity index (χ1v) is 6.82. The third-order valence-electron chi connectivity index (χ3n) is 3.22. The molecule has 1 aromatic carbocycles. The second-order valence-corrected chi connectivity index (χ2v) is 4.75. The Labute approximate surface area is 120 Å². The molecule has 0 amide bonds. The van der Waals surface area contributed by atoms with Crippen molar-refractivity contribution in [2.45, 2.75) is 26.1 Å². The topological polar surface area (TPSA) is 58.9 Å². The molecule has 112 valence electrons. The van der Waals surface area contributed by atoms with Gasteiger partial charge in [0.25, 0.3) is 0 Å². The van der Waals surface area contributed by atoms with Crippen molar-refractivity contribution in [1.82, 2.24) is 0 Å². The summed E-state index contributed by atoms with van der Waals surface area (Å²) < 4.78 is 10.9. The summed E-state index contributed by atoms with van der Waals surface area (Å²) in [5, 5.41) is 18.1. The molecule has 4 heteroatoms. The first-order valence-electron chi connectivity index (χ1n) is 6.82. The molecule has 0 spiro atoms. The molecule has 0 unspecified atom stereocenters. The van der Waals surface area contributed by atoms with Crippen LogP contribution in [0.1, 0.15) is 18.9 Å². The Morgan fingerprint density at radius 2 is 1.85 bits per heavy atom. The number of aliphatic hydroxyl groups is 2. The molecule has 0 radical (unpaired) electrons. The molecule has 0 saturated heterocycles. The molecule has 0 fully saturated rings. The van der Waals surface area contributed by atoms with Crippen LogP contribution in [0.25, 0.3) is 0 Å². The Morgan fingerprint density at radius 3 is 2.40 bits per heavy atom. The van der Waals surface area contributed by atoms with Crippen LogP contribution in [0.4, 0.5) is 0 Å². The van der Waals surface area contributed by atoms with Gasteiger partial charge in [0.15, 0.2) is 0 Å². The Hall–Kier alpha value is -1.36. The Morgan fingerprint density at radius 1 is 1.15 bits per heavy atom. The van der Waals surface area contributed by atoms with Crippen LogP contribution >= 0.6 is 0 Å². The molecule has 2 atom stereocenters. The second kappa shape index (κ2) is 9.53. The van der Waals surface area contributed by atoms with Crippen molar-refractivity contribution in [2.24, 2.45) is 5.92 Å². The van der Waals surface area contributed by atoms with Crippen LogP contribution in [0, 0.1) is 5.92 Å². The molecule has 0 heterocycles. The standard InChI is InChI=1S/C16H24O4/c1-13(5-3-4-10-17)16(11-18)20-12-14-6-8-15(19-2)9-7-14/h3-4,6-9,13,16-18H,5,10-12H2,1-2H3/b4-3+/t13-,16-/m1/s1. The van der Waals surface area contributed by atoms with E-state index in [1.54, 1.807) is 13.2 Å². The summed E-state index contributed by atoms with van der Waals surface area (Å²) in [7, 11) is 1.63. The fourth-order valence-electron chi connectivity index (χ4n) is 1.86. The van der Waals surface area contributed by atoms with Gasteiger partial charge in [0, 0.05) is 0 Å². The minimum absolute atomic E-state index is 0.00964. The number of methoxy groups -OCH3 is 1. The van der Waals surface area contributed by atoms with Gasteiger partial charge in [-0.2, -0.15) is 0 Å². The molecule has 20 heavy (non-hydrogen) atoms. The fraction of sp³-hybridized carbons (Fsp3) is 0.500. The van der Waals surface area contributed by atoms with E-state index in [1.807, 2.05) is 37.3 Å². The summed E-state index contributed by atoms with van der Waals surface area (Å²) in [6.07, 6.45) is 4.17. The van der Waals surface area contributed by atoms with Crippen LogP contribution in [0.15, 0.2) is 36.4 Å². The molecule has 4 nitrogen and oxygen atoms in total. The Kier molecular flexibility index (Phi) is 7.95. The maximum atomic E-state index is 9.39. The summed E-state index contributed by atoms with van der Waals surface area (Å²) in [5.74, 6) is 1.01. The Balaban J connectivity index is 2.44. The van der Waals surface area contributed by atoms with Gasteiger partial charge >= 0.3 is 0 Å². The van der Waals surface area contributed by atoms with E-state index in [0.717, 1.165) is 17.7 Å². The molecular formula is C16H24O4. The highest BCUT2D eigenvalue weighted by molar-refractivity contribution is 5.26. The summed E-state index contributed by atoms with van der Waals surface area (Å²) >= 11 is 0. The minimum Gasteiger partial charge on any atom is -0.497 e. The van der Waals surface area contributed by atoms with Crippen LogP contribution in [-0.2, 0) is 11.3 Å². The van der Waals surface area contributed by atoms with Gasteiger partial charge in [-0.1, -0.05) is 31.2 Å². The van der Waals surface area contributed by atoms with Gasteiger partial charge < -0.3 is 19.7 Å². The number of allylic oxidation sites excluding steroid dienone is 1. The summed E-state index contributed by atoms with van der Waals surface area (Å²) in [5.41, 5.74) is 1.04. The third-order valence-corrected chi connectivity index (χ3v) is 3.22. The van der Waals surface area contributed by atoms with E-state index in [-0.39, 0.29) is 25.2 Å². The zero-order chi connectivity index (χ0) is 14.8. The lowest BCUT2D eigenvalue weighted by molar-refractivity contribution is -0.0276. The van der Waals surface area contributed by atoms with Crippen LogP contribution in [0.2, 0.25) is 0 Å². The summed E-state index contributed by atoms with van der Waals surface area (Å²) in [6.45, 7) is 2.52.